The predicted molar refractivity (Wildman–Crippen MR) is 101 cm³/mol. The minimum atomic E-state index is -3.15. The van der Waals surface area contributed by atoms with Crippen molar-refractivity contribution in [3.63, 3.8) is 0 Å². The average molecular weight is 412 g/mol. The van der Waals surface area contributed by atoms with Gasteiger partial charge in [-0.25, -0.2) is 8.42 Å². The predicted octanol–water partition coefficient (Wildman–Crippen LogP) is 0.291. The molecule has 1 heterocycles. The molecule has 5 fully saturated rings. The van der Waals surface area contributed by atoms with Crippen LogP contribution in [-0.2, 0) is 24.2 Å². The van der Waals surface area contributed by atoms with Gasteiger partial charge in [0.1, 0.15) is 0 Å². The fourth-order valence-electron chi connectivity index (χ4n) is 6.37. The summed E-state index contributed by atoms with van der Waals surface area (Å²) in [6, 6.07) is 0. The van der Waals surface area contributed by atoms with E-state index in [0.717, 1.165) is 37.0 Å². The standard InChI is InChI=1S/C19H29N3O5S/c23-16(9-19-6-12-3-13(7-19)5-14(4-12)8-19)20-10-17(24)21-22-18(25)15-1-2-28(26,27)11-15/h12-15H,1-11H2,(H,20,23)(H,21,24)(H,22,25)/t12?,13?,14?,15-,19?/m1/s1. The maximum absolute atomic E-state index is 12.4. The molecular formula is C19H29N3O5S. The second-order valence-electron chi connectivity index (χ2n) is 9.51. The molecule has 1 saturated heterocycles. The molecule has 156 valence electrons. The van der Waals surface area contributed by atoms with Gasteiger partial charge in [-0.3, -0.25) is 25.2 Å². The fourth-order valence-corrected chi connectivity index (χ4v) is 8.11. The molecule has 9 heteroatoms. The molecule has 1 atom stereocenters. The summed E-state index contributed by atoms with van der Waals surface area (Å²) in [7, 11) is -3.15. The van der Waals surface area contributed by atoms with E-state index in [1.54, 1.807) is 0 Å². The van der Waals surface area contributed by atoms with Crippen molar-refractivity contribution in [2.45, 2.75) is 51.4 Å². The number of rotatable bonds is 5. The maximum atomic E-state index is 12.4. The molecule has 8 nitrogen and oxygen atoms in total. The van der Waals surface area contributed by atoms with Crippen molar-refractivity contribution in [1.82, 2.24) is 16.2 Å². The van der Waals surface area contributed by atoms with Gasteiger partial charge in [-0.15, -0.1) is 0 Å². The summed E-state index contributed by atoms with van der Waals surface area (Å²) < 4.78 is 22.8. The lowest BCUT2D eigenvalue weighted by atomic mass is 9.49. The quantitative estimate of drug-likeness (QED) is 0.562. The largest absolute Gasteiger partial charge is 0.347 e. The summed E-state index contributed by atoms with van der Waals surface area (Å²) in [5, 5.41) is 2.67. The Labute approximate surface area is 165 Å². The highest BCUT2D eigenvalue weighted by molar-refractivity contribution is 7.91. The SMILES string of the molecule is O=C(CC12CC3CC(CC(C3)C1)C2)NCC(=O)NNC(=O)[C@@H]1CCS(=O)(=O)C1. The topological polar surface area (TPSA) is 121 Å². The van der Waals surface area contributed by atoms with Gasteiger partial charge in [-0.05, 0) is 68.1 Å². The molecule has 5 aliphatic rings. The molecule has 0 aromatic heterocycles. The Morgan fingerprint density at radius 1 is 0.893 bits per heavy atom. The summed E-state index contributed by atoms with van der Waals surface area (Å²) >= 11 is 0. The molecule has 3 N–H and O–H groups in total. The third-order valence-electron chi connectivity index (χ3n) is 7.08. The van der Waals surface area contributed by atoms with Crippen LogP contribution in [0.25, 0.3) is 0 Å². The van der Waals surface area contributed by atoms with Crippen molar-refractivity contribution in [1.29, 1.82) is 0 Å². The molecule has 4 aliphatic carbocycles. The Bertz CT molecular complexity index is 743. The minimum Gasteiger partial charge on any atom is -0.347 e. The molecule has 4 saturated carbocycles. The Kier molecular flexibility index (Phi) is 5.14. The highest BCUT2D eigenvalue weighted by Gasteiger charge is 2.51. The van der Waals surface area contributed by atoms with E-state index in [0.29, 0.717) is 6.42 Å². The van der Waals surface area contributed by atoms with E-state index in [2.05, 4.69) is 16.2 Å². The monoisotopic (exact) mass is 411 g/mol. The van der Waals surface area contributed by atoms with Crippen molar-refractivity contribution in [2.24, 2.45) is 29.1 Å². The van der Waals surface area contributed by atoms with Gasteiger partial charge >= 0.3 is 0 Å². The smallest absolute Gasteiger partial charge is 0.257 e. The van der Waals surface area contributed by atoms with Gasteiger partial charge in [0.2, 0.25) is 11.8 Å². The van der Waals surface area contributed by atoms with Crippen LogP contribution in [0.2, 0.25) is 0 Å². The Morgan fingerprint density at radius 2 is 1.50 bits per heavy atom. The number of sulfone groups is 1. The first-order valence-corrected chi connectivity index (χ1v) is 12.1. The van der Waals surface area contributed by atoms with Gasteiger partial charge in [0.05, 0.1) is 24.0 Å². The van der Waals surface area contributed by atoms with Crippen LogP contribution in [0.1, 0.15) is 51.4 Å². The first-order chi connectivity index (χ1) is 13.2. The second kappa shape index (κ2) is 7.31. The number of hydrogen-bond acceptors (Lipinski definition) is 5. The lowest BCUT2D eigenvalue weighted by Crippen LogP contribution is -2.50. The molecule has 0 aromatic rings. The molecule has 0 radical (unpaired) electrons. The average Bonchev–Trinajstić information content (AvgIpc) is 2.96. The van der Waals surface area contributed by atoms with Crippen LogP contribution >= 0.6 is 0 Å². The van der Waals surface area contributed by atoms with Crippen LogP contribution in [0.5, 0.6) is 0 Å². The lowest BCUT2D eigenvalue weighted by molar-refractivity contribution is -0.133. The number of carbonyl (C=O) groups excluding carboxylic acids is 3. The van der Waals surface area contributed by atoms with Crippen molar-refractivity contribution < 1.29 is 22.8 Å². The normalized spacial score (nSPS) is 37.4. The van der Waals surface area contributed by atoms with Gasteiger partial charge in [-0.2, -0.15) is 0 Å². The molecule has 28 heavy (non-hydrogen) atoms. The third kappa shape index (κ3) is 4.34. The summed E-state index contributed by atoms with van der Waals surface area (Å²) in [6.45, 7) is -0.200. The van der Waals surface area contributed by atoms with Gasteiger partial charge in [-0.1, -0.05) is 0 Å². The summed E-state index contributed by atoms with van der Waals surface area (Å²) in [6.07, 6.45) is 8.14. The number of carbonyl (C=O) groups is 3. The first-order valence-electron chi connectivity index (χ1n) is 10.3. The fraction of sp³-hybridized carbons (Fsp3) is 0.842. The highest BCUT2D eigenvalue weighted by atomic mass is 32.2. The maximum Gasteiger partial charge on any atom is 0.257 e. The highest BCUT2D eigenvalue weighted by Crippen LogP contribution is 2.61. The molecule has 0 unspecified atom stereocenters. The van der Waals surface area contributed by atoms with E-state index < -0.39 is 27.6 Å². The number of amides is 3. The van der Waals surface area contributed by atoms with Gasteiger partial charge < -0.3 is 5.32 Å². The van der Waals surface area contributed by atoms with E-state index >= 15 is 0 Å². The Morgan fingerprint density at radius 3 is 2.04 bits per heavy atom. The molecule has 5 rings (SSSR count). The van der Waals surface area contributed by atoms with Gasteiger partial charge in [0.15, 0.2) is 9.84 Å². The van der Waals surface area contributed by atoms with E-state index in [1.165, 1.54) is 19.3 Å². The molecular weight excluding hydrogens is 382 g/mol. The second-order valence-corrected chi connectivity index (χ2v) is 11.7. The first kappa shape index (κ1) is 19.7. The zero-order valence-corrected chi connectivity index (χ0v) is 16.9. The Balaban J connectivity index is 1.18. The van der Waals surface area contributed by atoms with Gasteiger partial charge in [0.25, 0.3) is 5.91 Å². The van der Waals surface area contributed by atoms with Crippen LogP contribution < -0.4 is 16.2 Å². The van der Waals surface area contributed by atoms with Crippen LogP contribution in [0.4, 0.5) is 0 Å². The molecule has 4 bridgehead atoms. The molecule has 1 aliphatic heterocycles. The number of hydrazine groups is 1. The van der Waals surface area contributed by atoms with E-state index in [9.17, 15) is 22.8 Å². The lowest BCUT2D eigenvalue weighted by Gasteiger charge is -2.56. The molecule has 0 aromatic carbocycles. The minimum absolute atomic E-state index is 0.000583. The van der Waals surface area contributed by atoms with Crippen molar-refractivity contribution in [3.05, 3.63) is 0 Å². The van der Waals surface area contributed by atoms with Crippen molar-refractivity contribution in [3.8, 4) is 0 Å². The number of hydrogen-bond donors (Lipinski definition) is 3. The Hall–Kier alpha value is -1.64. The van der Waals surface area contributed by atoms with Crippen LogP contribution in [0.15, 0.2) is 0 Å². The summed E-state index contributed by atoms with van der Waals surface area (Å²) in [5.41, 5.74) is 4.63. The van der Waals surface area contributed by atoms with E-state index in [1.807, 2.05) is 0 Å². The van der Waals surface area contributed by atoms with Crippen molar-refractivity contribution >= 4 is 27.6 Å². The van der Waals surface area contributed by atoms with Crippen LogP contribution in [-0.4, -0.2) is 44.2 Å². The third-order valence-corrected chi connectivity index (χ3v) is 8.84. The molecule has 0 spiro atoms. The van der Waals surface area contributed by atoms with E-state index in [-0.39, 0.29) is 35.8 Å². The van der Waals surface area contributed by atoms with Crippen LogP contribution in [0.3, 0.4) is 0 Å². The zero-order valence-electron chi connectivity index (χ0n) is 16.0. The van der Waals surface area contributed by atoms with Crippen molar-refractivity contribution in [2.75, 3.05) is 18.1 Å². The molecule has 3 amide bonds. The van der Waals surface area contributed by atoms with Gasteiger partial charge in [0, 0.05) is 6.42 Å². The van der Waals surface area contributed by atoms with Crippen LogP contribution in [0, 0.1) is 29.1 Å². The zero-order chi connectivity index (χ0) is 19.9. The number of nitrogens with one attached hydrogen (secondary N) is 3. The summed E-state index contributed by atoms with van der Waals surface area (Å²) in [4.78, 5) is 36.2. The summed E-state index contributed by atoms with van der Waals surface area (Å²) in [5.74, 6) is 0.380. The van der Waals surface area contributed by atoms with E-state index in [4.69, 9.17) is 0 Å².